The van der Waals surface area contributed by atoms with Crippen LogP contribution in [-0.2, 0) is 27.7 Å². The maximum absolute atomic E-state index is 12.0. The van der Waals surface area contributed by atoms with E-state index in [0.29, 0.717) is 12.2 Å². The van der Waals surface area contributed by atoms with Gasteiger partial charge in [0.2, 0.25) is 5.91 Å². The number of sulfonamides is 1. The molecule has 0 radical (unpaired) electrons. The molecule has 3 N–H and O–H groups in total. The summed E-state index contributed by atoms with van der Waals surface area (Å²) >= 11 is 0. The summed E-state index contributed by atoms with van der Waals surface area (Å²) in [5, 5.41) is 0. The summed E-state index contributed by atoms with van der Waals surface area (Å²) in [5.74, 6) is 0.293. The van der Waals surface area contributed by atoms with Crippen LogP contribution >= 0.6 is 0 Å². The van der Waals surface area contributed by atoms with Gasteiger partial charge in [-0.3, -0.25) is 4.79 Å². The van der Waals surface area contributed by atoms with Gasteiger partial charge in [-0.05, 0) is 42.5 Å². The lowest BCUT2D eigenvalue weighted by Crippen LogP contribution is -2.38. The fourth-order valence-corrected chi connectivity index (χ4v) is 2.58. The van der Waals surface area contributed by atoms with Crippen molar-refractivity contribution in [3.05, 3.63) is 29.3 Å². The van der Waals surface area contributed by atoms with Gasteiger partial charge in [0.15, 0.2) is 0 Å². The molecule has 1 amide bonds. The van der Waals surface area contributed by atoms with E-state index in [0.717, 1.165) is 19.3 Å². The second kappa shape index (κ2) is 9.04. The van der Waals surface area contributed by atoms with E-state index in [-0.39, 0.29) is 12.5 Å². The van der Waals surface area contributed by atoms with E-state index in [1.54, 1.807) is 13.0 Å². The number of hydrogen-bond donors (Lipinski definition) is 2. The van der Waals surface area contributed by atoms with E-state index >= 15 is 0 Å². The van der Waals surface area contributed by atoms with E-state index in [1.165, 1.54) is 15.8 Å². The molecule has 6 nitrogen and oxygen atoms in total. The number of carbonyl (C=O) groups excluding carboxylic acids is 1. The van der Waals surface area contributed by atoms with Gasteiger partial charge in [-0.1, -0.05) is 13.0 Å². The highest BCUT2D eigenvalue weighted by atomic mass is 32.2. The number of hydrogen-bond acceptors (Lipinski definition) is 4. The molecule has 25 heavy (non-hydrogen) atoms. The first-order valence-corrected chi connectivity index (χ1v) is 9.14. The minimum Gasteiger partial charge on any atom is -0.492 e. The third-order valence-corrected chi connectivity index (χ3v) is 4.58. The summed E-state index contributed by atoms with van der Waals surface area (Å²) in [4.78, 5) is 9.59. The monoisotopic (exact) mass is 382 g/mol. The maximum atomic E-state index is 12.0. The van der Waals surface area contributed by atoms with Gasteiger partial charge in [0.05, 0.1) is 0 Å². The van der Waals surface area contributed by atoms with Crippen LogP contribution in [0.2, 0.25) is 0 Å². The van der Waals surface area contributed by atoms with Crippen LogP contribution < -0.4 is 15.2 Å². The van der Waals surface area contributed by atoms with Crippen LogP contribution in [0.5, 0.6) is 5.75 Å². The molecule has 0 aromatic heterocycles. The molecule has 1 aliphatic rings. The number of fused-ring (bicyclic) bond motifs is 1. The first-order chi connectivity index (χ1) is 11.6. The van der Waals surface area contributed by atoms with Gasteiger partial charge in [0.1, 0.15) is 12.4 Å². The highest BCUT2D eigenvalue weighted by Gasteiger charge is 2.45. The average Bonchev–Trinajstić information content (AvgIpc) is 2.98. The van der Waals surface area contributed by atoms with Crippen molar-refractivity contribution in [2.75, 3.05) is 13.2 Å². The zero-order chi connectivity index (χ0) is 19.1. The van der Waals surface area contributed by atoms with Crippen LogP contribution in [0.25, 0.3) is 0 Å². The summed E-state index contributed by atoms with van der Waals surface area (Å²) in [6.45, 7) is 1.13. The lowest BCUT2D eigenvalue weighted by molar-refractivity contribution is -0.117. The first-order valence-electron chi connectivity index (χ1n) is 7.65. The Labute approximate surface area is 144 Å². The third-order valence-electron chi connectivity index (χ3n) is 3.39. The second-order valence-electron chi connectivity index (χ2n) is 5.30. The number of primary amides is 1. The van der Waals surface area contributed by atoms with Crippen molar-refractivity contribution in [3.8, 4) is 5.75 Å². The van der Waals surface area contributed by atoms with Crippen molar-refractivity contribution in [3.63, 3.8) is 0 Å². The minimum atomic E-state index is -5.29. The number of aryl methyl sites for hydroxylation is 2. The minimum absolute atomic E-state index is 0.159. The first kappa shape index (κ1) is 21.2. The third kappa shape index (κ3) is 6.91. The standard InChI is InChI=1S/C12H14F3NO3S.C3H7NO/c13-12(14,15)20(17,18)16-6-7-19-11-5-4-9-2-1-3-10(9)8-11;1-2-3(4)5/h4-5,8,16H,1-3,6-7H2;2H2,1H3,(H2,4,5). The van der Waals surface area contributed by atoms with Crippen LogP contribution in [0, 0.1) is 0 Å². The summed E-state index contributed by atoms with van der Waals surface area (Å²) < 4.78 is 64.3. The Morgan fingerprint density at radius 1 is 1.28 bits per heavy atom. The van der Waals surface area contributed by atoms with Crippen LogP contribution in [0.4, 0.5) is 13.2 Å². The predicted octanol–water partition coefficient (Wildman–Crippen LogP) is 1.87. The Balaban J connectivity index is 0.000000550. The number of alkyl halides is 3. The van der Waals surface area contributed by atoms with E-state index in [1.807, 2.05) is 12.1 Å². The summed E-state index contributed by atoms with van der Waals surface area (Å²) in [6.07, 6.45) is 3.53. The Bertz CT molecular complexity index is 691. The number of nitrogens with two attached hydrogens (primary N) is 1. The largest absolute Gasteiger partial charge is 0.511 e. The summed E-state index contributed by atoms with van der Waals surface area (Å²) in [6, 6.07) is 5.51. The van der Waals surface area contributed by atoms with E-state index in [9.17, 15) is 26.4 Å². The van der Waals surface area contributed by atoms with Crippen molar-refractivity contribution >= 4 is 15.9 Å². The van der Waals surface area contributed by atoms with Gasteiger partial charge in [-0.25, -0.2) is 13.1 Å². The zero-order valence-corrected chi connectivity index (χ0v) is 14.5. The van der Waals surface area contributed by atoms with Crippen molar-refractivity contribution < 1.29 is 31.1 Å². The van der Waals surface area contributed by atoms with Crippen molar-refractivity contribution in [1.29, 1.82) is 0 Å². The molecule has 10 heteroatoms. The number of amides is 1. The number of ether oxygens (including phenoxy) is 1. The average molecular weight is 382 g/mol. The van der Waals surface area contributed by atoms with Gasteiger partial charge < -0.3 is 10.5 Å². The number of rotatable bonds is 6. The Morgan fingerprint density at radius 3 is 2.44 bits per heavy atom. The topological polar surface area (TPSA) is 98.5 Å². The van der Waals surface area contributed by atoms with Gasteiger partial charge in [-0.2, -0.15) is 13.2 Å². The molecule has 0 aliphatic heterocycles. The zero-order valence-electron chi connectivity index (χ0n) is 13.7. The highest BCUT2D eigenvalue weighted by molar-refractivity contribution is 7.90. The summed E-state index contributed by atoms with van der Waals surface area (Å²) in [7, 11) is -5.29. The normalized spacial score (nSPS) is 13.6. The van der Waals surface area contributed by atoms with Crippen molar-refractivity contribution in [2.24, 2.45) is 5.73 Å². The molecular weight excluding hydrogens is 361 g/mol. The molecule has 1 aromatic rings. The quantitative estimate of drug-likeness (QED) is 0.734. The Hall–Kier alpha value is -1.81. The van der Waals surface area contributed by atoms with Crippen LogP contribution in [0.15, 0.2) is 18.2 Å². The fourth-order valence-electron chi connectivity index (χ4n) is 2.06. The van der Waals surface area contributed by atoms with Gasteiger partial charge in [-0.15, -0.1) is 0 Å². The molecule has 142 valence electrons. The lowest BCUT2D eigenvalue weighted by atomic mass is 10.1. The van der Waals surface area contributed by atoms with Crippen molar-refractivity contribution in [1.82, 2.24) is 4.72 Å². The fraction of sp³-hybridized carbons (Fsp3) is 0.533. The predicted molar refractivity (Wildman–Crippen MR) is 86.4 cm³/mol. The molecule has 0 saturated heterocycles. The molecule has 0 saturated carbocycles. The van der Waals surface area contributed by atoms with Gasteiger partial charge in [0, 0.05) is 13.0 Å². The van der Waals surface area contributed by atoms with Gasteiger partial charge >= 0.3 is 15.5 Å². The smallest absolute Gasteiger partial charge is 0.492 e. The second-order valence-corrected chi connectivity index (χ2v) is 7.05. The molecule has 0 bridgehead atoms. The number of halogens is 3. The SMILES string of the molecule is CCC(N)=O.O=S(=O)(NCCOc1ccc2c(c1)CCC2)C(F)(F)F. The van der Waals surface area contributed by atoms with E-state index < -0.39 is 22.1 Å². The molecule has 1 aromatic carbocycles. The Kier molecular flexibility index (Phi) is 7.68. The molecular formula is C15H21F3N2O4S. The van der Waals surface area contributed by atoms with Crippen molar-refractivity contribution in [2.45, 2.75) is 38.1 Å². The highest BCUT2D eigenvalue weighted by Crippen LogP contribution is 2.26. The number of carbonyl (C=O) groups is 1. The maximum Gasteiger partial charge on any atom is 0.511 e. The molecule has 0 unspecified atom stereocenters. The van der Waals surface area contributed by atoms with Gasteiger partial charge in [0.25, 0.3) is 0 Å². The molecule has 0 spiro atoms. The molecule has 2 rings (SSSR count). The number of benzene rings is 1. The lowest BCUT2D eigenvalue weighted by Gasteiger charge is -2.11. The van der Waals surface area contributed by atoms with Crippen LogP contribution in [-0.4, -0.2) is 33.0 Å². The van der Waals surface area contributed by atoms with E-state index in [4.69, 9.17) is 4.74 Å². The molecule has 0 fully saturated rings. The number of nitrogens with one attached hydrogen (secondary N) is 1. The molecule has 0 heterocycles. The van der Waals surface area contributed by atoms with E-state index in [2.05, 4.69) is 5.73 Å². The van der Waals surface area contributed by atoms with Crippen LogP contribution in [0.3, 0.4) is 0 Å². The Morgan fingerprint density at radius 2 is 1.88 bits per heavy atom. The summed E-state index contributed by atoms with van der Waals surface area (Å²) in [5.41, 5.74) is 1.80. The molecule has 0 atom stereocenters. The van der Waals surface area contributed by atoms with Crippen LogP contribution in [0.1, 0.15) is 30.9 Å². The molecule has 1 aliphatic carbocycles.